The van der Waals surface area contributed by atoms with Crippen molar-refractivity contribution >= 4 is 0 Å². The van der Waals surface area contributed by atoms with Crippen LogP contribution in [0.15, 0.2) is 42.6 Å². The summed E-state index contributed by atoms with van der Waals surface area (Å²) in [5.74, 6) is 0. The highest BCUT2D eigenvalue weighted by atomic mass is 16.5. The first-order chi connectivity index (χ1) is 9.12. The van der Waals surface area contributed by atoms with Crippen LogP contribution in [0.2, 0.25) is 0 Å². The molecule has 102 valence electrons. The number of aliphatic hydroxyl groups is 1. The van der Waals surface area contributed by atoms with Crippen LogP contribution in [0.3, 0.4) is 0 Å². The fraction of sp³-hybridized carbons (Fsp3) is 0.400. The average Bonchev–Trinajstić information content (AvgIpc) is 2.95. The Balaban J connectivity index is 2.40. The zero-order chi connectivity index (χ0) is 13.9. The number of benzene rings is 1. The maximum absolute atomic E-state index is 10.6. The molecule has 0 spiro atoms. The highest BCUT2D eigenvalue weighted by Gasteiger charge is 2.34. The van der Waals surface area contributed by atoms with Gasteiger partial charge in [0.15, 0.2) is 0 Å². The largest absolute Gasteiger partial charge is 0.384 e. The van der Waals surface area contributed by atoms with E-state index in [2.05, 4.69) is 5.10 Å². The van der Waals surface area contributed by atoms with Crippen LogP contribution in [0.5, 0.6) is 0 Å². The van der Waals surface area contributed by atoms with Gasteiger partial charge in [-0.2, -0.15) is 5.10 Å². The molecule has 1 N–H and O–H groups in total. The Bertz CT molecular complexity index is 518. The number of aromatic nitrogens is 2. The lowest BCUT2D eigenvalue weighted by Crippen LogP contribution is -2.35. The Hall–Kier alpha value is -1.65. The van der Waals surface area contributed by atoms with Crippen LogP contribution >= 0.6 is 0 Å². The maximum atomic E-state index is 10.6. The molecule has 0 fully saturated rings. The summed E-state index contributed by atoms with van der Waals surface area (Å²) in [5, 5.41) is 14.9. The van der Waals surface area contributed by atoms with Crippen molar-refractivity contribution in [2.75, 3.05) is 7.11 Å². The van der Waals surface area contributed by atoms with Gasteiger partial charge < -0.3 is 9.84 Å². The summed E-state index contributed by atoms with van der Waals surface area (Å²) in [6, 6.07) is 11.6. The summed E-state index contributed by atoms with van der Waals surface area (Å²) in [6.07, 6.45) is 1.67. The fourth-order valence-electron chi connectivity index (χ4n) is 2.07. The van der Waals surface area contributed by atoms with Gasteiger partial charge in [-0.3, -0.25) is 0 Å². The highest BCUT2D eigenvalue weighted by molar-refractivity contribution is 5.33. The lowest BCUT2D eigenvalue weighted by atomic mass is 9.93. The quantitative estimate of drug-likeness (QED) is 0.899. The molecule has 0 aliphatic rings. The third-order valence-corrected chi connectivity index (χ3v) is 3.70. The number of para-hydroxylation sites is 1. The van der Waals surface area contributed by atoms with Crippen molar-refractivity contribution in [2.24, 2.45) is 0 Å². The van der Waals surface area contributed by atoms with Crippen LogP contribution in [0.1, 0.15) is 32.1 Å². The van der Waals surface area contributed by atoms with Crippen LogP contribution in [0, 0.1) is 0 Å². The average molecular weight is 260 g/mol. The monoisotopic (exact) mass is 260 g/mol. The van der Waals surface area contributed by atoms with Crippen LogP contribution < -0.4 is 0 Å². The zero-order valence-electron chi connectivity index (χ0n) is 11.6. The van der Waals surface area contributed by atoms with Gasteiger partial charge in [0.25, 0.3) is 0 Å². The Morgan fingerprint density at radius 2 is 2.00 bits per heavy atom. The molecule has 2 aromatic rings. The lowest BCUT2D eigenvalue weighted by Gasteiger charge is -2.32. The van der Waals surface area contributed by atoms with Gasteiger partial charge in [-0.25, -0.2) is 4.68 Å². The van der Waals surface area contributed by atoms with E-state index in [0.717, 1.165) is 11.4 Å². The van der Waals surface area contributed by atoms with E-state index in [-0.39, 0.29) is 0 Å². The van der Waals surface area contributed by atoms with E-state index in [1.807, 2.05) is 50.2 Å². The Kier molecular flexibility index (Phi) is 4.02. The number of aliphatic hydroxyl groups excluding tert-OH is 1. The first-order valence-corrected chi connectivity index (χ1v) is 6.45. The van der Waals surface area contributed by atoms with E-state index in [1.54, 1.807) is 18.0 Å². The van der Waals surface area contributed by atoms with Gasteiger partial charge >= 0.3 is 0 Å². The molecular formula is C15H20N2O2. The van der Waals surface area contributed by atoms with Crippen molar-refractivity contribution in [2.45, 2.75) is 32.0 Å². The van der Waals surface area contributed by atoms with Crippen molar-refractivity contribution < 1.29 is 9.84 Å². The maximum Gasteiger partial charge on any atom is 0.125 e. The summed E-state index contributed by atoms with van der Waals surface area (Å²) in [4.78, 5) is 0. The molecule has 2 rings (SSSR count). The van der Waals surface area contributed by atoms with E-state index in [4.69, 9.17) is 4.74 Å². The topological polar surface area (TPSA) is 47.3 Å². The number of ether oxygens (including phenoxy) is 1. The molecule has 1 aromatic heterocycles. The molecule has 0 saturated carbocycles. The summed E-state index contributed by atoms with van der Waals surface area (Å²) in [7, 11) is 1.62. The molecule has 0 saturated heterocycles. The molecule has 0 aliphatic carbocycles. The molecule has 1 heterocycles. The minimum atomic E-state index is -0.731. The molecule has 1 aromatic carbocycles. The lowest BCUT2D eigenvalue weighted by molar-refractivity contribution is -0.0968. The molecule has 4 heteroatoms. The minimum Gasteiger partial charge on any atom is -0.384 e. The Morgan fingerprint density at radius 3 is 2.58 bits per heavy atom. The highest BCUT2D eigenvalue weighted by Crippen LogP contribution is 2.32. The molecule has 2 unspecified atom stereocenters. The molecule has 0 amide bonds. The minimum absolute atomic E-state index is 0.618. The van der Waals surface area contributed by atoms with Gasteiger partial charge in [-0.1, -0.05) is 25.1 Å². The molecule has 2 atom stereocenters. The Morgan fingerprint density at radius 1 is 1.32 bits per heavy atom. The second-order valence-electron chi connectivity index (χ2n) is 4.78. The molecule has 19 heavy (non-hydrogen) atoms. The SMILES string of the molecule is CCC(C)(OC)C(O)c1ccnn1-c1ccccc1. The normalized spacial score (nSPS) is 16.0. The second kappa shape index (κ2) is 5.55. The first-order valence-electron chi connectivity index (χ1n) is 6.45. The third-order valence-electron chi connectivity index (χ3n) is 3.70. The van der Waals surface area contributed by atoms with Gasteiger partial charge in [0.2, 0.25) is 0 Å². The number of hydrogen-bond acceptors (Lipinski definition) is 3. The van der Waals surface area contributed by atoms with Gasteiger partial charge in [0.05, 0.1) is 17.0 Å². The smallest absolute Gasteiger partial charge is 0.125 e. The fourth-order valence-corrected chi connectivity index (χ4v) is 2.07. The molecular weight excluding hydrogens is 240 g/mol. The molecule has 0 bridgehead atoms. The van der Waals surface area contributed by atoms with Crippen molar-refractivity contribution in [3.05, 3.63) is 48.3 Å². The van der Waals surface area contributed by atoms with Crippen LogP contribution in [0.25, 0.3) is 5.69 Å². The van der Waals surface area contributed by atoms with Crippen LogP contribution in [-0.2, 0) is 4.74 Å². The van der Waals surface area contributed by atoms with Crippen molar-refractivity contribution in [1.29, 1.82) is 0 Å². The Labute approximate surface area is 113 Å². The van der Waals surface area contributed by atoms with E-state index in [9.17, 15) is 5.11 Å². The number of nitrogens with zero attached hydrogens (tertiary/aromatic N) is 2. The van der Waals surface area contributed by atoms with Crippen molar-refractivity contribution in [3.8, 4) is 5.69 Å². The van der Waals surface area contributed by atoms with Crippen molar-refractivity contribution in [1.82, 2.24) is 9.78 Å². The van der Waals surface area contributed by atoms with Gasteiger partial charge in [0.1, 0.15) is 6.10 Å². The number of rotatable bonds is 5. The summed E-state index contributed by atoms with van der Waals surface area (Å²) in [5.41, 5.74) is 1.04. The standard InChI is InChI=1S/C15H20N2O2/c1-4-15(2,19-3)14(18)13-10-11-16-17(13)12-8-6-5-7-9-12/h5-11,14,18H,4H2,1-3H3. The summed E-state index contributed by atoms with van der Waals surface area (Å²) in [6.45, 7) is 3.90. The van der Waals surface area contributed by atoms with E-state index in [1.165, 1.54) is 0 Å². The summed E-state index contributed by atoms with van der Waals surface area (Å²) >= 11 is 0. The van der Waals surface area contributed by atoms with Gasteiger partial charge in [0, 0.05) is 13.3 Å². The molecule has 0 radical (unpaired) electrons. The van der Waals surface area contributed by atoms with Crippen LogP contribution in [0.4, 0.5) is 0 Å². The summed E-state index contributed by atoms with van der Waals surface area (Å²) < 4.78 is 7.22. The van der Waals surface area contributed by atoms with Crippen LogP contribution in [-0.4, -0.2) is 27.6 Å². The molecule has 4 nitrogen and oxygen atoms in total. The third kappa shape index (κ3) is 2.55. The number of hydrogen-bond donors (Lipinski definition) is 1. The first kappa shape index (κ1) is 13.8. The second-order valence-corrected chi connectivity index (χ2v) is 4.78. The van der Waals surface area contributed by atoms with Gasteiger partial charge in [-0.05, 0) is 31.5 Å². The van der Waals surface area contributed by atoms with E-state index >= 15 is 0 Å². The van der Waals surface area contributed by atoms with Gasteiger partial charge in [-0.15, -0.1) is 0 Å². The number of methoxy groups -OCH3 is 1. The molecule has 0 aliphatic heterocycles. The van der Waals surface area contributed by atoms with E-state index < -0.39 is 11.7 Å². The zero-order valence-corrected chi connectivity index (χ0v) is 11.6. The van der Waals surface area contributed by atoms with E-state index in [0.29, 0.717) is 6.42 Å². The van der Waals surface area contributed by atoms with Crippen molar-refractivity contribution in [3.63, 3.8) is 0 Å². The predicted molar refractivity (Wildman–Crippen MR) is 74.2 cm³/mol. The predicted octanol–water partition coefficient (Wildman–Crippen LogP) is 2.72.